The zero-order valence-corrected chi connectivity index (χ0v) is 14.3. The Morgan fingerprint density at radius 3 is 2.26 bits per heavy atom. The maximum atomic E-state index is 11.7. The Morgan fingerprint density at radius 1 is 1.17 bits per heavy atom. The molecule has 1 saturated heterocycles. The first-order valence-electron chi connectivity index (χ1n) is 7.62. The maximum absolute atomic E-state index is 11.7. The van der Waals surface area contributed by atoms with E-state index in [2.05, 4.69) is 4.98 Å². The van der Waals surface area contributed by atoms with Crippen molar-refractivity contribution in [2.75, 3.05) is 0 Å². The van der Waals surface area contributed by atoms with Gasteiger partial charge in [0.15, 0.2) is 0 Å². The average Bonchev–Trinajstić information content (AvgIpc) is 2.79. The highest BCUT2D eigenvalue weighted by Gasteiger charge is 2.53. The third-order valence-corrected chi connectivity index (χ3v) is 4.92. The van der Waals surface area contributed by atoms with Gasteiger partial charge in [0, 0.05) is 22.2 Å². The van der Waals surface area contributed by atoms with E-state index in [1.54, 1.807) is 6.92 Å². The van der Waals surface area contributed by atoms with Gasteiger partial charge in [-0.05, 0) is 53.7 Å². The second-order valence-corrected chi connectivity index (χ2v) is 7.03. The summed E-state index contributed by atoms with van der Waals surface area (Å²) in [6.45, 7) is 11.5. The Bertz CT molecular complexity index is 794. The van der Waals surface area contributed by atoms with Gasteiger partial charge in [0.2, 0.25) is 0 Å². The zero-order chi connectivity index (χ0) is 17.2. The lowest BCUT2D eigenvalue weighted by atomic mass is 9.77. The Hall–Kier alpha value is -1.86. The SMILES string of the molecule is Cc1ccc2c(B3OC(C)(C)C(C)(C)O3)c(C)n(C(=O)O)c2n1. The molecule has 0 aromatic carbocycles. The number of nitrogens with zero attached hydrogens (tertiary/aromatic N) is 2. The number of carboxylic acid groups (broad SMARTS) is 1. The standard InChI is InChI=1S/C16H21BN2O4/c1-9-7-8-11-12(10(2)19(14(20)21)13(11)18-9)17-22-15(3,4)16(5,6)23-17/h7-8H,1-6H3,(H,20,21). The van der Waals surface area contributed by atoms with E-state index in [1.807, 2.05) is 46.8 Å². The van der Waals surface area contributed by atoms with Crippen LogP contribution in [0.3, 0.4) is 0 Å². The number of aromatic nitrogens is 2. The van der Waals surface area contributed by atoms with Gasteiger partial charge < -0.3 is 14.4 Å². The molecule has 2 aromatic heterocycles. The number of pyridine rings is 1. The molecule has 0 aliphatic carbocycles. The average molecular weight is 316 g/mol. The van der Waals surface area contributed by atoms with Gasteiger partial charge in [-0.1, -0.05) is 0 Å². The van der Waals surface area contributed by atoms with Crippen molar-refractivity contribution in [3.8, 4) is 0 Å². The summed E-state index contributed by atoms with van der Waals surface area (Å²) in [7, 11) is -0.618. The van der Waals surface area contributed by atoms with E-state index in [4.69, 9.17) is 9.31 Å². The van der Waals surface area contributed by atoms with E-state index in [9.17, 15) is 9.90 Å². The minimum absolute atomic E-state index is 0.416. The van der Waals surface area contributed by atoms with E-state index in [0.717, 1.165) is 16.5 Å². The molecule has 0 radical (unpaired) electrons. The first kappa shape index (κ1) is 16.0. The molecule has 1 aliphatic heterocycles. The summed E-state index contributed by atoms with van der Waals surface area (Å²) in [4.78, 5) is 16.1. The van der Waals surface area contributed by atoms with Crippen LogP contribution in [0.2, 0.25) is 0 Å². The van der Waals surface area contributed by atoms with Gasteiger partial charge in [0.1, 0.15) is 5.65 Å². The Labute approximate surface area is 135 Å². The lowest BCUT2D eigenvalue weighted by Gasteiger charge is -2.32. The molecule has 3 rings (SSSR count). The van der Waals surface area contributed by atoms with Crippen LogP contribution in [0.15, 0.2) is 12.1 Å². The van der Waals surface area contributed by atoms with Crippen LogP contribution >= 0.6 is 0 Å². The van der Waals surface area contributed by atoms with E-state index in [1.165, 1.54) is 4.57 Å². The first-order valence-corrected chi connectivity index (χ1v) is 7.62. The van der Waals surface area contributed by atoms with Crippen molar-refractivity contribution in [1.82, 2.24) is 9.55 Å². The first-order chi connectivity index (χ1) is 10.5. The lowest BCUT2D eigenvalue weighted by molar-refractivity contribution is 0.00578. The van der Waals surface area contributed by atoms with Crippen molar-refractivity contribution < 1.29 is 19.2 Å². The van der Waals surface area contributed by atoms with E-state index < -0.39 is 24.4 Å². The molecular formula is C16H21BN2O4. The minimum Gasteiger partial charge on any atom is -0.464 e. The van der Waals surface area contributed by atoms with Gasteiger partial charge in [0.05, 0.1) is 11.2 Å². The van der Waals surface area contributed by atoms with Gasteiger partial charge in [-0.15, -0.1) is 0 Å². The summed E-state index contributed by atoms with van der Waals surface area (Å²) in [5.41, 5.74) is 1.51. The van der Waals surface area contributed by atoms with Crippen LogP contribution in [0.1, 0.15) is 39.1 Å². The fourth-order valence-electron chi connectivity index (χ4n) is 2.89. The van der Waals surface area contributed by atoms with Gasteiger partial charge >= 0.3 is 13.2 Å². The van der Waals surface area contributed by atoms with Crippen LogP contribution in [0.5, 0.6) is 0 Å². The molecule has 0 amide bonds. The van der Waals surface area contributed by atoms with Gasteiger partial charge in [0.25, 0.3) is 0 Å². The van der Waals surface area contributed by atoms with Crippen molar-refractivity contribution in [3.05, 3.63) is 23.5 Å². The summed E-state index contributed by atoms with van der Waals surface area (Å²) < 4.78 is 13.4. The van der Waals surface area contributed by atoms with Gasteiger partial charge in [-0.2, -0.15) is 0 Å². The second kappa shape index (κ2) is 4.82. The quantitative estimate of drug-likeness (QED) is 0.818. The molecule has 0 bridgehead atoms. The molecule has 1 N–H and O–H groups in total. The van der Waals surface area contributed by atoms with Crippen molar-refractivity contribution in [2.45, 2.75) is 52.7 Å². The summed E-state index contributed by atoms with van der Waals surface area (Å²) in [6.07, 6.45) is -1.06. The fraction of sp³-hybridized carbons (Fsp3) is 0.500. The molecule has 0 atom stereocenters. The molecule has 6 nitrogen and oxygen atoms in total. The molecule has 23 heavy (non-hydrogen) atoms. The molecule has 3 heterocycles. The molecule has 122 valence electrons. The predicted molar refractivity (Wildman–Crippen MR) is 88.3 cm³/mol. The molecule has 1 aliphatic rings. The van der Waals surface area contributed by atoms with E-state index >= 15 is 0 Å². The van der Waals surface area contributed by atoms with Crippen LogP contribution in [0.4, 0.5) is 4.79 Å². The Morgan fingerprint density at radius 2 is 1.74 bits per heavy atom. The van der Waals surface area contributed by atoms with Crippen molar-refractivity contribution in [1.29, 1.82) is 0 Å². The molecule has 0 unspecified atom stereocenters. The summed E-state index contributed by atoms with van der Waals surface area (Å²) in [5.74, 6) is 0. The van der Waals surface area contributed by atoms with Gasteiger partial charge in [-0.3, -0.25) is 0 Å². The zero-order valence-electron chi connectivity index (χ0n) is 14.3. The Balaban J connectivity index is 2.24. The Kier molecular flexibility index (Phi) is 3.36. The number of fused-ring (bicyclic) bond motifs is 1. The molecule has 7 heteroatoms. The molecule has 0 saturated carbocycles. The number of hydrogen-bond donors (Lipinski definition) is 1. The third-order valence-electron chi connectivity index (χ3n) is 4.92. The molecule has 0 spiro atoms. The summed E-state index contributed by atoms with van der Waals surface area (Å²) in [6, 6.07) is 3.74. The number of rotatable bonds is 1. The number of aryl methyl sites for hydroxylation is 1. The second-order valence-electron chi connectivity index (χ2n) is 7.03. The fourth-order valence-corrected chi connectivity index (χ4v) is 2.89. The van der Waals surface area contributed by atoms with Crippen LogP contribution in [0.25, 0.3) is 11.0 Å². The predicted octanol–water partition coefficient (Wildman–Crippen LogP) is 2.48. The highest BCUT2D eigenvalue weighted by Crippen LogP contribution is 2.37. The topological polar surface area (TPSA) is 73.6 Å². The third kappa shape index (κ3) is 2.26. The largest absolute Gasteiger partial charge is 0.497 e. The lowest BCUT2D eigenvalue weighted by Crippen LogP contribution is -2.41. The number of carbonyl (C=O) groups is 1. The van der Waals surface area contributed by atoms with Crippen LogP contribution in [0, 0.1) is 13.8 Å². The minimum atomic E-state index is -1.06. The normalized spacial score (nSPS) is 19.5. The van der Waals surface area contributed by atoms with E-state index in [-0.39, 0.29) is 0 Å². The molecule has 1 fully saturated rings. The molecule has 2 aromatic rings. The smallest absolute Gasteiger partial charge is 0.464 e. The van der Waals surface area contributed by atoms with Gasteiger partial charge in [-0.25, -0.2) is 14.3 Å². The summed E-state index contributed by atoms with van der Waals surface area (Å²) >= 11 is 0. The van der Waals surface area contributed by atoms with Crippen LogP contribution < -0.4 is 5.46 Å². The highest BCUT2D eigenvalue weighted by molar-refractivity contribution is 6.65. The molecular weight excluding hydrogens is 295 g/mol. The highest BCUT2D eigenvalue weighted by atomic mass is 16.7. The van der Waals surface area contributed by atoms with Crippen molar-refractivity contribution in [2.24, 2.45) is 0 Å². The summed E-state index contributed by atoms with van der Waals surface area (Å²) in [5, 5.41) is 10.3. The van der Waals surface area contributed by atoms with Crippen LogP contribution in [-0.4, -0.2) is 39.1 Å². The maximum Gasteiger partial charge on any atom is 0.497 e. The van der Waals surface area contributed by atoms with Crippen LogP contribution in [-0.2, 0) is 9.31 Å². The van der Waals surface area contributed by atoms with E-state index in [0.29, 0.717) is 11.3 Å². The monoisotopic (exact) mass is 316 g/mol. The van der Waals surface area contributed by atoms with Crippen molar-refractivity contribution >= 4 is 29.7 Å². The van der Waals surface area contributed by atoms with Crippen molar-refractivity contribution in [3.63, 3.8) is 0 Å². The number of hydrogen-bond acceptors (Lipinski definition) is 4.